The molecular weight excluding hydrogens is 201 g/mol. The van der Waals surface area contributed by atoms with E-state index in [0.717, 1.165) is 0 Å². The first kappa shape index (κ1) is 16.1. The SMILES string of the molecule is O=C[O-].[O-][Si](O)(O)O.[Zn+2]. The van der Waals surface area contributed by atoms with Gasteiger partial charge in [0.15, 0.2) is 0 Å². The van der Waals surface area contributed by atoms with Crippen molar-refractivity contribution in [2.45, 2.75) is 0 Å². The van der Waals surface area contributed by atoms with Crippen molar-refractivity contribution in [3.8, 4) is 0 Å². The Hall–Kier alpha value is 0.150. The number of hydrogen-bond acceptors (Lipinski definition) is 6. The standard InChI is InChI=1S/CH2O2.H3O4Si.Zn/c2-1-3;1-5(2,3)4;/h1H,(H,2,3);1-3H;/q;-1;+2/p-1. The van der Waals surface area contributed by atoms with Gasteiger partial charge in [0.1, 0.15) is 0 Å². The predicted octanol–water partition coefficient (Wildman–Crippen LogP) is -4.88. The van der Waals surface area contributed by atoms with Gasteiger partial charge in [0.05, 0.1) is 0 Å². The molecule has 9 heavy (non-hydrogen) atoms. The van der Waals surface area contributed by atoms with E-state index in [4.69, 9.17) is 29.1 Å². The molecule has 0 radical (unpaired) electrons. The molecule has 0 aliphatic heterocycles. The summed E-state index contributed by atoms with van der Waals surface area (Å²) in [5.74, 6) is 0. The Morgan fingerprint density at radius 3 is 1.33 bits per heavy atom. The van der Waals surface area contributed by atoms with Crippen molar-refractivity contribution in [3.63, 3.8) is 0 Å². The van der Waals surface area contributed by atoms with E-state index in [1.165, 1.54) is 0 Å². The van der Waals surface area contributed by atoms with Gasteiger partial charge in [-0.25, -0.2) is 0 Å². The molecule has 0 fully saturated rings. The van der Waals surface area contributed by atoms with Crippen molar-refractivity contribution >= 4 is 15.5 Å². The first-order chi connectivity index (χ1) is 3.41. The number of carbonyl (C=O) groups is 1. The number of carboxylic acid groups (broad SMARTS) is 1. The van der Waals surface area contributed by atoms with Crippen molar-refractivity contribution < 1.29 is 48.6 Å². The van der Waals surface area contributed by atoms with Gasteiger partial charge in [-0.1, -0.05) is 0 Å². The molecule has 0 unspecified atom stereocenters. The van der Waals surface area contributed by atoms with Crippen LogP contribution in [0.25, 0.3) is 0 Å². The molecule has 0 aromatic rings. The monoisotopic (exact) mass is 204 g/mol. The van der Waals surface area contributed by atoms with Crippen LogP contribution in [-0.2, 0) is 24.3 Å². The average Bonchev–Trinajstić information content (AvgIpc) is 1.27. The first-order valence-corrected chi connectivity index (χ1v) is 3.10. The van der Waals surface area contributed by atoms with Crippen LogP contribution in [0.3, 0.4) is 0 Å². The van der Waals surface area contributed by atoms with Gasteiger partial charge >= 0.3 is 28.5 Å². The molecule has 0 amide bonds. The molecule has 0 aliphatic rings. The maximum Gasteiger partial charge on any atom is 2.00 e. The zero-order valence-electron chi connectivity index (χ0n) is 4.35. The summed E-state index contributed by atoms with van der Waals surface area (Å²) < 4.78 is 0. The molecule has 0 aromatic heterocycles. The molecule has 0 saturated carbocycles. The largest absolute Gasteiger partial charge is 2.00 e. The van der Waals surface area contributed by atoms with Gasteiger partial charge in [-0.2, -0.15) is 0 Å². The molecule has 3 N–H and O–H groups in total. The molecule has 0 spiro atoms. The van der Waals surface area contributed by atoms with Gasteiger partial charge in [0.2, 0.25) is 0 Å². The van der Waals surface area contributed by atoms with Crippen LogP contribution in [0.2, 0.25) is 0 Å². The number of rotatable bonds is 0. The molecule has 0 atom stereocenters. The van der Waals surface area contributed by atoms with E-state index < -0.39 is 15.5 Å². The fraction of sp³-hybridized carbons (Fsp3) is 0. The van der Waals surface area contributed by atoms with Gasteiger partial charge in [0, 0.05) is 6.47 Å². The number of hydrogen-bond donors (Lipinski definition) is 3. The van der Waals surface area contributed by atoms with Crippen molar-refractivity contribution in [1.82, 2.24) is 0 Å². The molecule has 50 valence electrons. The Morgan fingerprint density at radius 2 is 1.33 bits per heavy atom. The smallest absolute Gasteiger partial charge is 0.794 e. The minimum Gasteiger partial charge on any atom is -0.794 e. The summed E-state index contributed by atoms with van der Waals surface area (Å²) >= 11 is 0. The van der Waals surface area contributed by atoms with Gasteiger partial charge in [-0.15, -0.1) is 0 Å². The summed E-state index contributed by atoms with van der Waals surface area (Å²) in [6.45, 7) is -0.500. The fourth-order valence-corrected chi connectivity index (χ4v) is 0. The zero-order valence-corrected chi connectivity index (χ0v) is 8.32. The van der Waals surface area contributed by atoms with E-state index in [9.17, 15) is 0 Å². The Kier molecular flexibility index (Phi) is 14.6. The quantitative estimate of drug-likeness (QED) is 0.269. The molecule has 0 bridgehead atoms. The van der Waals surface area contributed by atoms with E-state index in [0.29, 0.717) is 0 Å². The Labute approximate surface area is 64.6 Å². The van der Waals surface area contributed by atoms with Crippen LogP contribution in [-0.4, -0.2) is 29.9 Å². The summed E-state index contributed by atoms with van der Waals surface area (Å²) in [4.78, 5) is 38.8. The third kappa shape index (κ3) is 13700. The van der Waals surface area contributed by atoms with Crippen LogP contribution in [0.5, 0.6) is 0 Å². The van der Waals surface area contributed by atoms with E-state index in [-0.39, 0.29) is 19.5 Å². The summed E-state index contributed by atoms with van der Waals surface area (Å²) in [6, 6.07) is 0. The van der Waals surface area contributed by atoms with E-state index in [1.807, 2.05) is 0 Å². The summed E-state index contributed by atoms with van der Waals surface area (Å²) in [5, 5.41) is 8.25. The van der Waals surface area contributed by atoms with Gasteiger partial charge < -0.3 is 29.1 Å². The van der Waals surface area contributed by atoms with Crippen molar-refractivity contribution in [1.29, 1.82) is 0 Å². The maximum absolute atomic E-state index is 8.91. The summed E-state index contributed by atoms with van der Waals surface area (Å²) in [5.41, 5.74) is 0. The molecule has 8 heteroatoms. The minimum absolute atomic E-state index is 0. The topological polar surface area (TPSA) is 124 Å². The van der Waals surface area contributed by atoms with Gasteiger partial charge in [0.25, 0.3) is 0 Å². The van der Waals surface area contributed by atoms with Gasteiger partial charge in [-0.05, 0) is 0 Å². The van der Waals surface area contributed by atoms with Gasteiger partial charge in [-0.3, -0.25) is 0 Å². The Balaban J connectivity index is -0.0000000800. The molecule has 0 heterocycles. The fourth-order valence-electron chi connectivity index (χ4n) is 0. The van der Waals surface area contributed by atoms with Crippen LogP contribution < -0.4 is 9.90 Å². The molecule has 0 rings (SSSR count). The second-order valence-corrected chi connectivity index (χ2v) is 1.82. The van der Waals surface area contributed by atoms with E-state index >= 15 is 0 Å². The predicted molar refractivity (Wildman–Crippen MR) is 18.5 cm³/mol. The van der Waals surface area contributed by atoms with Crippen LogP contribution in [0.1, 0.15) is 0 Å². The average molecular weight is 206 g/mol. The van der Waals surface area contributed by atoms with Crippen LogP contribution in [0.4, 0.5) is 0 Å². The third-order valence-corrected chi connectivity index (χ3v) is 0. The molecule has 6 nitrogen and oxygen atoms in total. The van der Waals surface area contributed by atoms with Crippen LogP contribution in [0.15, 0.2) is 0 Å². The van der Waals surface area contributed by atoms with Crippen molar-refractivity contribution in [3.05, 3.63) is 0 Å². The third-order valence-electron chi connectivity index (χ3n) is 0. The Bertz CT molecular complexity index is 52.6. The van der Waals surface area contributed by atoms with Crippen molar-refractivity contribution in [2.75, 3.05) is 0 Å². The normalized spacial score (nSPS) is 8.00. The second kappa shape index (κ2) is 8.15. The van der Waals surface area contributed by atoms with E-state index in [2.05, 4.69) is 0 Å². The zero-order chi connectivity index (χ0) is 7.21. The molecule has 0 aliphatic carbocycles. The molecular formula is CH4O6SiZn. The summed E-state index contributed by atoms with van der Waals surface area (Å²) in [6.07, 6.45) is 0. The Morgan fingerprint density at radius 1 is 1.33 bits per heavy atom. The van der Waals surface area contributed by atoms with Crippen LogP contribution >= 0.6 is 0 Å². The second-order valence-electron chi connectivity index (χ2n) is 0.670. The molecule has 0 saturated heterocycles. The van der Waals surface area contributed by atoms with Crippen LogP contribution in [0, 0.1) is 0 Å². The van der Waals surface area contributed by atoms with E-state index in [1.54, 1.807) is 0 Å². The maximum atomic E-state index is 8.91. The minimum atomic E-state index is -4.86. The first-order valence-electron chi connectivity index (χ1n) is 1.35. The molecule has 0 aromatic carbocycles. The number of carbonyl (C=O) groups excluding carboxylic acids is 1. The van der Waals surface area contributed by atoms with Crippen molar-refractivity contribution in [2.24, 2.45) is 0 Å². The summed E-state index contributed by atoms with van der Waals surface area (Å²) in [7, 11) is -4.86.